The lowest BCUT2D eigenvalue weighted by atomic mass is 10.2. The molecule has 2 aromatic carbocycles. The Morgan fingerprint density at radius 1 is 1.28 bits per heavy atom. The van der Waals surface area contributed by atoms with Crippen LogP contribution in [-0.4, -0.2) is 18.0 Å². The number of thiazole rings is 1. The lowest BCUT2D eigenvalue weighted by molar-refractivity contribution is -0.136. The van der Waals surface area contributed by atoms with Crippen LogP contribution in [0.4, 0.5) is 18.3 Å². The van der Waals surface area contributed by atoms with Crippen LogP contribution in [0, 0.1) is 0 Å². The van der Waals surface area contributed by atoms with E-state index in [1.807, 2.05) is 0 Å². The molecular weight excluding hydrogens is 377 g/mol. The van der Waals surface area contributed by atoms with E-state index in [4.69, 9.17) is 16.3 Å². The van der Waals surface area contributed by atoms with Gasteiger partial charge in [0.05, 0.1) is 28.5 Å². The molecule has 1 amide bonds. The molecule has 3 rings (SSSR count). The largest absolute Gasteiger partial charge is 0.496 e. The fourth-order valence-corrected chi connectivity index (χ4v) is 3.31. The summed E-state index contributed by atoms with van der Waals surface area (Å²) >= 11 is 6.83. The zero-order valence-electron chi connectivity index (χ0n) is 12.6. The number of nitrogens with one attached hydrogen (secondary N) is 1. The molecule has 0 saturated carbocycles. The number of aromatic nitrogens is 1. The van der Waals surface area contributed by atoms with E-state index >= 15 is 0 Å². The summed E-state index contributed by atoms with van der Waals surface area (Å²) in [7, 11) is 1.40. The van der Waals surface area contributed by atoms with Crippen molar-refractivity contribution in [3.63, 3.8) is 0 Å². The fraction of sp³-hybridized carbons (Fsp3) is 0.125. The van der Waals surface area contributed by atoms with E-state index in [0.717, 1.165) is 17.4 Å². The van der Waals surface area contributed by atoms with Crippen molar-refractivity contribution in [1.29, 1.82) is 0 Å². The summed E-state index contributed by atoms with van der Waals surface area (Å²) in [5.74, 6) is -0.286. The molecule has 0 unspecified atom stereocenters. The van der Waals surface area contributed by atoms with Gasteiger partial charge < -0.3 is 4.74 Å². The zero-order valence-corrected chi connectivity index (χ0v) is 14.2. The number of fused-ring (bicyclic) bond motifs is 1. The standard InChI is InChI=1S/C16H10ClF3N2O2S/c1-24-11-6-5-8(17)7-9(11)14(23)22-15-21-13-10(16(18,19)20)3-2-4-12(13)25-15/h2-7H,1H3,(H,21,22,23). The first-order chi connectivity index (χ1) is 11.8. The average molecular weight is 387 g/mol. The summed E-state index contributed by atoms with van der Waals surface area (Å²) in [6.45, 7) is 0. The number of nitrogens with zero attached hydrogens (tertiary/aromatic N) is 1. The molecule has 0 spiro atoms. The van der Waals surface area contributed by atoms with Crippen LogP contribution in [0.1, 0.15) is 15.9 Å². The Kier molecular flexibility index (Phi) is 4.57. The quantitative estimate of drug-likeness (QED) is 0.670. The third-order valence-electron chi connectivity index (χ3n) is 3.35. The fourth-order valence-electron chi connectivity index (χ4n) is 2.25. The Morgan fingerprint density at radius 2 is 2.04 bits per heavy atom. The van der Waals surface area contributed by atoms with E-state index in [9.17, 15) is 18.0 Å². The lowest BCUT2D eigenvalue weighted by Gasteiger charge is -2.08. The highest BCUT2D eigenvalue weighted by Crippen LogP contribution is 2.37. The minimum Gasteiger partial charge on any atom is -0.496 e. The summed E-state index contributed by atoms with van der Waals surface area (Å²) < 4.78 is 44.6. The number of methoxy groups -OCH3 is 1. The van der Waals surface area contributed by atoms with Gasteiger partial charge in [0.2, 0.25) is 0 Å². The summed E-state index contributed by atoms with van der Waals surface area (Å²) in [5.41, 5.74) is -0.888. The van der Waals surface area contributed by atoms with Crippen LogP contribution in [0.15, 0.2) is 36.4 Å². The number of anilines is 1. The molecule has 0 radical (unpaired) electrons. The maximum atomic E-state index is 13.0. The first-order valence-electron chi connectivity index (χ1n) is 6.91. The molecule has 0 bridgehead atoms. The molecule has 0 saturated heterocycles. The van der Waals surface area contributed by atoms with Crippen LogP contribution < -0.4 is 10.1 Å². The van der Waals surface area contributed by atoms with Crippen molar-refractivity contribution in [2.24, 2.45) is 0 Å². The van der Waals surface area contributed by atoms with Crippen molar-refractivity contribution >= 4 is 44.2 Å². The Morgan fingerprint density at radius 3 is 2.72 bits per heavy atom. The van der Waals surface area contributed by atoms with Gasteiger partial charge in [0, 0.05) is 5.02 Å². The Hall–Kier alpha value is -2.32. The Balaban J connectivity index is 1.96. The normalized spacial score (nSPS) is 11.6. The molecule has 1 aromatic heterocycles. The second-order valence-corrected chi connectivity index (χ2v) is 6.43. The Labute approximate surface area is 149 Å². The van der Waals surface area contributed by atoms with Gasteiger partial charge in [-0.3, -0.25) is 10.1 Å². The zero-order chi connectivity index (χ0) is 18.2. The molecule has 0 aliphatic heterocycles. The van der Waals surface area contributed by atoms with Crippen molar-refractivity contribution in [1.82, 2.24) is 4.98 Å². The maximum absolute atomic E-state index is 13.0. The van der Waals surface area contributed by atoms with Crippen molar-refractivity contribution in [3.05, 3.63) is 52.5 Å². The number of carbonyl (C=O) groups is 1. The molecule has 130 valence electrons. The van der Waals surface area contributed by atoms with E-state index < -0.39 is 17.6 Å². The molecule has 0 atom stereocenters. The Bertz CT molecular complexity index is 956. The van der Waals surface area contributed by atoms with Gasteiger partial charge in [-0.1, -0.05) is 29.0 Å². The van der Waals surface area contributed by atoms with Gasteiger partial charge in [0.1, 0.15) is 5.75 Å². The van der Waals surface area contributed by atoms with E-state index in [2.05, 4.69) is 10.3 Å². The van der Waals surface area contributed by atoms with Gasteiger partial charge in [-0.15, -0.1) is 0 Å². The first-order valence-corrected chi connectivity index (χ1v) is 8.10. The molecule has 25 heavy (non-hydrogen) atoms. The first kappa shape index (κ1) is 17.5. The molecule has 0 aliphatic rings. The lowest BCUT2D eigenvalue weighted by Crippen LogP contribution is -2.13. The number of carbonyl (C=O) groups excluding carboxylic acids is 1. The van der Waals surface area contributed by atoms with Crippen LogP contribution in [-0.2, 0) is 6.18 Å². The van der Waals surface area contributed by atoms with Crippen LogP contribution in [0.3, 0.4) is 0 Å². The molecule has 0 aliphatic carbocycles. The van der Waals surface area contributed by atoms with Crippen molar-refractivity contribution in [2.75, 3.05) is 12.4 Å². The van der Waals surface area contributed by atoms with Crippen LogP contribution >= 0.6 is 22.9 Å². The number of halogens is 4. The molecule has 1 heterocycles. The van der Waals surface area contributed by atoms with E-state index in [-0.39, 0.29) is 16.2 Å². The average Bonchev–Trinajstić information content (AvgIpc) is 2.95. The van der Waals surface area contributed by atoms with Gasteiger partial charge >= 0.3 is 6.18 Å². The van der Waals surface area contributed by atoms with Gasteiger partial charge in [-0.05, 0) is 30.3 Å². The van der Waals surface area contributed by atoms with E-state index in [1.54, 1.807) is 6.07 Å². The number of ether oxygens (including phenoxy) is 1. The number of para-hydroxylation sites is 1. The van der Waals surface area contributed by atoms with Gasteiger partial charge in [0.25, 0.3) is 5.91 Å². The van der Waals surface area contributed by atoms with Crippen molar-refractivity contribution < 1.29 is 22.7 Å². The van der Waals surface area contributed by atoms with Gasteiger partial charge in [-0.25, -0.2) is 4.98 Å². The summed E-state index contributed by atoms with van der Waals surface area (Å²) in [6.07, 6.45) is -4.52. The smallest absolute Gasteiger partial charge is 0.418 e. The second kappa shape index (κ2) is 6.53. The molecule has 1 N–H and O–H groups in total. The van der Waals surface area contributed by atoms with Crippen molar-refractivity contribution in [2.45, 2.75) is 6.18 Å². The minimum absolute atomic E-state index is 0.0544. The minimum atomic E-state index is -4.52. The monoisotopic (exact) mass is 386 g/mol. The molecule has 4 nitrogen and oxygen atoms in total. The number of benzene rings is 2. The topological polar surface area (TPSA) is 51.2 Å². The molecule has 0 fully saturated rings. The van der Waals surface area contributed by atoms with Crippen molar-refractivity contribution in [3.8, 4) is 5.75 Å². The third-order valence-corrected chi connectivity index (χ3v) is 4.52. The molecule has 9 heteroatoms. The number of rotatable bonds is 3. The third kappa shape index (κ3) is 3.54. The van der Waals surface area contributed by atoms with Crippen LogP contribution in [0.5, 0.6) is 5.75 Å². The highest BCUT2D eigenvalue weighted by molar-refractivity contribution is 7.22. The predicted molar refractivity (Wildman–Crippen MR) is 90.6 cm³/mol. The summed E-state index contributed by atoms with van der Waals surface area (Å²) in [5, 5.41) is 2.87. The van der Waals surface area contributed by atoms with E-state index in [0.29, 0.717) is 15.5 Å². The second-order valence-electron chi connectivity index (χ2n) is 4.97. The number of hydrogen-bond donors (Lipinski definition) is 1. The maximum Gasteiger partial charge on any atom is 0.418 e. The predicted octanol–water partition coefficient (Wildman–Crippen LogP) is 5.23. The SMILES string of the molecule is COc1ccc(Cl)cc1C(=O)Nc1nc2c(C(F)(F)F)cccc2s1. The number of alkyl halides is 3. The van der Waals surface area contributed by atoms with E-state index in [1.165, 1.54) is 31.4 Å². The highest BCUT2D eigenvalue weighted by Gasteiger charge is 2.33. The van der Waals surface area contributed by atoms with Crippen LogP contribution in [0.25, 0.3) is 10.2 Å². The molecule has 3 aromatic rings. The summed E-state index contributed by atoms with van der Waals surface area (Å²) in [6, 6.07) is 8.26. The molecular formula is C16H10ClF3N2O2S. The van der Waals surface area contributed by atoms with Gasteiger partial charge in [0.15, 0.2) is 5.13 Å². The number of amides is 1. The number of hydrogen-bond acceptors (Lipinski definition) is 4. The van der Waals surface area contributed by atoms with Crippen LogP contribution in [0.2, 0.25) is 5.02 Å². The highest BCUT2D eigenvalue weighted by atomic mass is 35.5. The summed E-state index contributed by atoms with van der Waals surface area (Å²) in [4.78, 5) is 16.3. The van der Waals surface area contributed by atoms with Gasteiger partial charge in [-0.2, -0.15) is 13.2 Å².